The lowest BCUT2D eigenvalue weighted by molar-refractivity contribution is 0.770. The molecule has 3 nitrogen and oxygen atoms in total. The summed E-state index contributed by atoms with van der Waals surface area (Å²) in [6, 6.07) is 8.66. The number of aryl methyl sites for hydroxylation is 1. The van der Waals surface area contributed by atoms with Crippen LogP contribution >= 0.6 is 11.3 Å². The van der Waals surface area contributed by atoms with Crippen LogP contribution in [-0.4, -0.2) is 18.6 Å². The van der Waals surface area contributed by atoms with Gasteiger partial charge in [-0.25, -0.2) is 4.98 Å². The van der Waals surface area contributed by atoms with Gasteiger partial charge in [-0.2, -0.15) is 0 Å². The fraction of sp³-hybridized carbons (Fsp3) is 0.471. The molecule has 0 bridgehead atoms. The van der Waals surface area contributed by atoms with Crippen molar-refractivity contribution < 1.29 is 0 Å². The fourth-order valence-corrected chi connectivity index (χ4v) is 3.67. The van der Waals surface area contributed by atoms with Crippen LogP contribution < -0.4 is 10.2 Å². The van der Waals surface area contributed by atoms with Gasteiger partial charge in [0.25, 0.3) is 0 Å². The third kappa shape index (κ3) is 3.63. The van der Waals surface area contributed by atoms with Gasteiger partial charge in [0.05, 0.1) is 5.69 Å². The molecule has 0 saturated carbocycles. The van der Waals surface area contributed by atoms with E-state index in [1.807, 2.05) is 7.05 Å². The van der Waals surface area contributed by atoms with Crippen LogP contribution in [0.25, 0.3) is 0 Å². The zero-order valence-corrected chi connectivity index (χ0v) is 14.4. The normalized spacial score (nSPS) is 11.1. The first kappa shape index (κ1) is 16.0. The van der Waals surface area contributed by atoms with Crippen LogP contribution in [0.2, 0.25) is 0 Å². The Bertz CT molecular complexity index is 572. The summed E-state index contributed by atoms with van der Waals surface area (Å²) < 4.78 is 0. The van der Waals surface area contributed by atoms with Crippen molar-refractivity contribution in [2.24, 2.45) is 0 Å². The molecule has 1 N–H and O–H groups in total. The molecule has 0 saturated heterocycles. The van der Waals surface area contributed by atoms with Crippen LogP contribution in [0.1, 0.15) is 42.8 Å². The summed E-state index contributed by atoms with van der Waals surface area (Å²) in [5.41, 5.74) is 3.71. The van der Waals surface area contributed by atoms with E-state index in [4.69, 9.17) is 4.98 Å². The number of rotatable bonds is 6. The van der Waals surface area contributed by atoms with Crippen molar-refractivity contribution in [1.29, 1.82) is 0 Å². The van der Waals surface area contributed by atoms with Gasteiger partial charge in [0.15, 0.2) is 5.13 Å². The molecule has 114 valence electrons. The molecule has 1 heterocycles. The summed E-state index contributed by atoms with van der Waals surface area (Å²) in [7, 11) is 1.99. The first-order valence-electron chi connectivity index (χ1n) is 7.55. The van der Waals surface area contributed by atoms with E-state index in [1.54, 1.807) is 11.3 Å². The Balaban J connectivity index is 2.38. The minimum Gasteiger partial charge on any atom is -0.318 e. The highest BCUT2D eigenvalue weighted by atomic mass is 32.1. The van der Waals surface area contributed by atoms with Gasteiger partial charge in [0, 0.05) is 23.7 Å². The summed E-state index contributed by atoms with van der Waals surface area (Å²) in [6.07, 6.45) is 0. The van der Waals surface area contributed by atoms with Gasteiger partial charge in [-0.05, 0) is 38.9 Å². The van der Waals surface area contributed by atoms with Crippen molar-refractivity contribution in [3.05, 3.63) is 40.4 Å². The van der Waals surface area contributed by atoms with Gasteiger partial charge in [0.1, 0.15) is 0 Å². The van der Waals surface area contributed by atoms with Gasteiger partial charge in [-0.15, -0.1) is 0 Å². The van der Waals surface area contributed by atoms with Crippen LogP contribution in [0.3, 0.4) is 0 Å². The van der Waals surface area contributed by atoms with Gasteiger partial charge >= 0.3 is 0 Å². The summed E-state index contributed by atoms with van der Waals surface area (Å²) in [5.74, 6) is 0.454. The van der Waals surface area contributed by atoms with Crippen molar-refractivity contribution in [2.45, 2.75) is 40.2 Å². The molecule has 4 heteroatoms. The third-order valence-electron chi connectivity index (χ3n) is 3.49. The molecule has 0 fully saturated rings. The van der Waals surface area contributed by atoms with E-state index in [0.29, 0.717) is 5.92 Å². The van der Waals surface area contributed by atoms with Crippen molar-refractivity contribution in [1.82, 2.24) is 10.3 Å². The maximum absolute atomic E-state index is 4.90. The number of benzene rings is 1. The van der Waals surface area contributed by atoms with Crippen LogP contribution in [0.5, 0.6) is 0 Å². The average Bonchev–Trinajstić information content (AvgIpc) is 2.86. The zero-order chi connectivity index (χ0) is 15.4. The number of anilines is 2. The number of thiazole rings is 1. The van der Waals surface area contributed by atoms with Gasteiger partial charge in [-0.3, -0.25) is 0 Å². The van der Waals surface area contributed by atoms with Crippen LogP contribution in [0.15, 0.2) is 24.3 Å². The molecule has 21 heavy (non-hydrogen) atoms. The lowest BCUT2D eigenvalue weighted by Crippen LogP contribution is -2.15. The Kier molecular flexibility index (Phi) is 5.37. The van der Waals surface area contributed by atoms with Crippen molar-refractivity contribution in [3.63, 3.8) is 0 Å². The maximum Gasteiger partial charge on any atom is 0.190 e. The summed E-state index contributed by atoms with van der Waals surface area (Å²) in [5, 5.41) is 4.34. The van der Waals surface area contributed by atoms with Crippen LogP contribution in [-0.2, 0) is 6.54 Å². The molecule has 0 radical (unpaired) electrons. The van der Waals surface area contributed by atoms with E-state index in [9.17, 15) is 0 Å². The smallest absolute Gasteiger partial charge is 0.190 e. The number of nitrogens with zero attached hydrogens (tertiary/aromatic N) is 2. The van der Waals surface area contributed by atoms with E-state index >= 15 is 0 Å². The molecular formula is C17H25N3S. The quantitative estimate of drug-likeness (QED) is 0.854. The van der Waals surface area contributed by atoms with Crippen LogP contribution in [0, 0.1) is 6.92 Å². The minimum absolute atomic E-state index is 0.454. The predicted octanol–water partition coefficient (Wildman–Crippen LogP) is 4.45. The van der Waals surface area contributed by atoms with Gasteiger partial charge in [-0.1, -0.05) is 42.9 Å². The van der Waals surface area contributed by atoms with E-state index < -0.39 is 0 Å². The van der Waals surface area contributed by atoms with Crippen molar-refractivity contribution in [3.8, 4) is 0 Å². The van der Waals surface area contributed by atoms with Gasteiger partial charge in [0.2, 0.25) is 0 Å². The Morgan fingerprint density at radius 3 is 2.43 bits per heavy atom. The molecule has 1 aromatic carbocycles. The standard InChI is InChI=1S/C17H25N3S/c1-6-20(14-9-7-13(4)8-10-14)17-19-16(12(2)3)15(21-17)11-18-5/h7-10,12,18H,6,11H2,1-5H3. The molecule has 0 amide bonds. The molecule has 0 aliphatic rings. The fourth-order valence-electron chi connectivity index (χ4n) is 2.36. The maximum atomic E-state index is 4.90. The Hall–Kier alpha value is -1.39. The third-order valence-corrected chi connectivity index (χ3v) is 4.59. The molecule has 0 unspecified atom stereocenters. The first-order valence-corrected chi connectivity index (χ1v) is 8.36. The van der Waals surface area contributed by atoms with Gasteiger partial charge < -0.3 is 10.2 Å². The molecule has 0 aliphatic carbocycles. The molecular weight excluding hydrogens is 278 g/mol. The Morgan fingerprint density at radius 1 is 1.24 bits per heavy atom. The number of hydrogen-bond acceptors (Lipinski definition) is 4. The average molecular weight is 303 g/mol. The second-order valence-corrected chi connectivity index (χ2v) is 6.63. The van der Waals surface area contributed by atoms with E-state index in [1.165, 1.54) is 21.8 Å². The second kappa shape index (κ2) is 7.05. The first-order chi connectivity index (χ1) is 10.1. The Labute approximate surface area is 132 Å². The number of aromatic nitrogens is 1. The minimum atomic E-state index is 0.454. The monoisotopic (exact) mass is 303 g/mol. The largest absolute Gasteiger partial charge is 0.318 e. The number of nitrogens with one attached hydrogen (secondary N) is 1. The van der Waals surface area contributed by atoms with E-state index in [2.05, 4.69) is 62.2 Å². The van der Waals surface area contributed by atoms with Crippen LogP contribution in [0.4, 0.5) is 10.8 Å². The summed E-state index contributed by atoms with van der Waals surface area (Å²) >= 11 is 1.80. The predicted molar refractivity (Wildman–Crippen MR) is 92.8 cm³/mol. The lowest BCUT2D eigenvalue weighted by atomic mass is 10.1. The summed E-state index contributed by atoms with van der Waals surface area (Å²) in [4.78, 5) is 8.53. The lowest BCUT2D eigenvalue weighted by Gasteiger charge is -2.20. The topological polar surface area (TPSA) is 28.2 Å². The molecule has 0 atom stereocenters. The van der Waals surface area contributed by atoms with E-state index in [-0.39, 0.29) is 0 Å². The van der Waals surface area contributed by atoms with Crippen molar-refractivity contribution >= 4 is 22.2 Å². The molecule has 1 aromatic heterocycles. The summed E-state index contributed by atoms with van der Waals surface area (Å²) in [6.45, 7) is 10.5. The SMILES string of the molecule is CCN(c1ccc(C)cc1)c1nc(C(C)C)c(CNC)s1. The zero-order valence-electron chi connectivity index (χ0n) is 13.6. The highest BCUT2D eigenvalue weighted by Crippen LogP contribution is 2.34. The highest BCUT2D eigenvalue weighted by molar-refractivity contribution is 7.15. The highest BCUT2D eigenvalue weighted by Gasteiger charge is 2.18. The molecule has 2 aromatic rings. The second-order valence-electron chi connectivity index (χ2n) is 5.57. The molecule has 0 aliphatic heterocycles. The van der Waals surface area contributed by atoms with Crippen molar-refractivity contribution in [2.75, 3.05) is 18.5 Å². The number of hydrogen-bond donors (Lipinski definition) is 1. The molecule has 2 rings (SSSR count). The molecule has 0 spiro atoms. The van der Waals surface area contributed by atoms with E-state index in [0.717, 1.165) is 18.2 Å². The Morgan fingerprint density at radius 2 is 1.90 bits per heavy atom.